The second-order valence-electron chi connectivity index (χ2n) is 17.8. The van der Waals surface area contributed by atoms with Crippen LogP contribution in [0, 0.1) is 17.8 Å². The fourth-order valence-electron chi connectivity index (χ4n) is 8.58. The molecule has 0 N–H and O–H groups in total. The first-order chi connectivity index (χ1) is 27.9. The molecule has 0 aliphatic carbocycles. The Morgan fingerprint density at radius 2 is 0.789 bits per heavy atom. The van der Waals surface area contributed by atoms with Crippen molar-refractivity contribution in [3.63, 3.8) is 0 Å². The highest BCUT2D eigenvalue weighted by molar-refractivity contribution is 5.72. The Labute approximate surface area is 353 Å². The van der Waals surface area contributed by atoms with Gasteiger partial charge in [0.2, 0.25) is 0 Å². The number of nitrogens with zero attached hydrogens (tertiary/aromatic N) is 1. The number of likely N-dealkylation sites (tertiary alicyclic amines) is 1. The number of ether oxygens (including phenoxy) is 3. The van der Waals surface area contributed by atoms with E-state index in [0.29, 0.717) is 44.5 Å². The van der Waals surface area contributed by atoms with E-state index in [4.69, 9.17) is 14.2 Å². The van der Waals surface area contributed by atoms with Crippen molar-refractivity contribution in [2.24, 2.45) is 17.8 Å². The third kappa shape index (κ3) is 32.9. The van der Waals surface area contributed by atoms with Crippen LogP contribution < -0.4 is 0 Å². The molecule has 0 unspecified atom stereocenters. The monoisotopic (exact) mass is 806 g/mol. The molecule has 57 heavy (non-hydrogen) atoms. The largest absolute Gasteiger partial charge is 0.466 e. The van der Waals surface area contributed by atoms with Gasteiger partial charge in [0.1, 0.15) is 6.61 Å². The molecule has 0 aromatic rings. The zero-order chi connectivity index (χ0) is 41.4. The number of carbonyl (C=O) groups excluding carboxylic acids is 3. The predicted molar refractivity (Wildman–Crippen MR) is 239 cm³/mol. The molecule has 0 spiro atoms. The summed E-state index contributed by atoms with van der Waals surface area (Å²) in [5.74, 6) is 1.25. The van der Waals surface area contributed by atoms with Gasteiger partial charge in [0.05, 0.1) is 19.1 Å². The minimum Gasteiger partial charge on any atom is -0.466 e. The Balaban J connectivity index is 2.29. The molecule has 0 saturated carbocycles. The van der Waals surface area contributed by atoms with Gasteiger partial charge in [-0.3, -0.25) is 19.3 Å². The summed E-state index contributed by atoms with van der Waals surface area (Å²) in [4.78, 5) is 40.4. The zero-order valence-electron chi connectivity index (χ0n) is 38.4. The Morgan fingerprint density at radius 3 is 1.19 bits per heavy atom. The summed E-state index contributed by atoms with van der Waals surface area (Å²) in [7, 11) is 0. The first kappa shape index (κ1) is 53.4. The lowest BCUT2D eigenvalue weighted by atomic mass is 9.92. The fourth-order valence-corrected chi connectivity index (χ4v) is 8.58. The molecule has 0 radical (unpaired) electrons. The third-order valence-electron chi connectivity index (χ3n) is 12.5. The highest BCUT2D eigenvalue weighted by Gasteiger charge is 2.21. The summed E-state index contributed by atoms with van der Waals surface area (Å²) >= 11 is 0. The van der Waals surface area contributed by atoms with Gasteiger partial charge < -0.3 is 14.2 Å². The first-order valence-corrected chi connectivity index (χ1v) is 25.1. The Morgan fingerprint density at radius 1 is 0.421 bits per heavy atom. The van der Waals surface area contributed by atoms with Gasteiger partial charge in [-0.05, 0) is 76.3 Å². The molecular formula is C50H95NO6. The van der Waals surface area contributed by atoms with E-state index >= 15 is 0 Å². The van der Waals surface area contributed by atoms with Crippen LogP contribution in [0.25, 0.3) is 0 Å². The Kier molecular flexibility index (Phi) is 37.3. The standard InChI is InChI=1S/C50H95NO6/c1-5-9-19-29-45(30-20-10-6-2)37-42-55-48(52)35-25-17-13-15-23-33-47(50(54)57-44-41-51-39-27-28-40-51)34-24-16-14-18-26-36-49(53)56-43-38-46(31-21-11-7-3)32-22-12-8-4/h45-47H,5-44H2,1-4H3. The maximum absolute atomic E-state index is 13.2. The van der Waals surface area contributed by atoms with Crippen LogP contribution in [-0.2, 0) is 28.6 Å². The lowest BCUT2D eigenvalue weighted by molar-refractivity contribution is -0.149. The van der Waals surface area contributed by atoms with Crippen molar-refractivity contribution >= 4 is 17.9 Å². The van der Waals surface area contributed by atoms with E-state index in [9.17, 15) is 14.4 Å². The molecule has 1 aliphatic rings. The van der Waals surface area contributed by atoms with E-state index in [1.165, 1.54) is 116 Å². The van der Waals surface area contributed by atoms with Gasteiger partial charge in [-0.25, -0.2) is 0 Å². The first-order valence-electron chi connectivity index (χ1n) is 25.1. The lowest BCUT2D eigenvalue weighted by Gasteiger charge is -2.18. The quantitative estimate of drug-likeness (QED) is 0.0345. The van der Waals surface area contributed by atoms with Gasteiger partial charge in [0.25, 0.3) is 0 Å². The molecule has 1 aliphatic heterocycles. The van der Waals surface area contributed by atoms with Crippen LogP contribution in [-0.4, -0.2) is 62.3 Å². The summed E-state index contributed by atoms with van der Waals surface area (Å²) in [5, 5.41) is 0. The summed E-state index contributed by atoms with van der Waals surface area (Å²) in [5.41, 5.74) is 0. The second kappa shape index (κ2) is 39.8. The van der Waals surface area contributed by atoms with Gasteiger partial charge in [0, 0.05) is 19.4 Å². The van der Waals surface area contributed by atoms with Crippen molar-refractivity contribution < 1.29 is 28.6 Å². The van der Waals surface area contributed by atoms with Crippen molar-refractivity contribution in [1.82, 2.24) is 4.90 Å². The summed E-state index contributed by atoms with van der Waals surface area (Å²) in [6.45, 7) is 13.8. The molecule has 1 saturated heterocycles. The summed E-state index contributed by atoms with van der Waals surface area (Å²) < 4.78 is 17.1. The Hall–Kier alpha value is -1.63. The van der Waals surface area contributed by atoms with Gasteiger partial charge in [-0.2, -0.15) is 0 Å². The number of unbranched alkanes of at least 4 members (excludes halogenated alkanes) is 16. The minimum absolute atomic E-state index is 0.0179. The van der Waals surface area contributed by atoms with Gasteiger partial charge >= 0.3 is 17.9 Å². The topological polar surface area (TPSA) is 82.1 Å². The smallest absolute Gasteiger partial charge is 0.308 e. The molecule has 0 bridgehead atoms. The van der Waals surface area contributed by atoms with Gasteiger partial charge in [-0.15, -0.1) is 0 Å². The number of rotatable bonds is 42. The van der Waals surface area contributed by atoms with E-state index in [-0.39, 0.29) is 23.8 Å². The molecular weight excluding hydrogens is 711 g/mol. The highest BCUT2D eigenvalue weighted by atomic mass is 16.5. The average molecular weight is 806 g/mol. The molecule has 0 aromatic heterocycles. The van der Waals surface area contributed by atoms with Crippen LogP contribution in [0.5, 0.6) is 0 Å². The van der Waals surface area contributed by atoms with Crippen molar-refractivity contribution in [3.8, 4) is 0 Å². The van der Waals surface area contributed by atoms with E-state index in [2.05, 4.69) is 32.6 Å². The van der Waals surface area contributed by atoms with Crippen molar-refractivity contribution in [2.45, 2.75) is 246 Å². The van der Waals surface area contributed by atoms with Gasteiger partial charge in [-0.1, -0.05) is 182 Å². The van der Waals surface area contributed by atoms with Crippen molar-refractivity contribution in [2.75, 3.05) is 39.5 Å². The van der Waals surface area contributed by atoms with E-state index in [1.807, 2.05) is 0 Å². The van der Waals surface area contributed by atoms with E-state index in [0.717, 1.165) is 110 Å². The molecule has 336 valence electrons. The maximum atomic E-state index is 13.2. The van der Waals surface area contributed by atoms with Crippen LogP contribution in [0.1, 0.15) is 246 Å². The summed E-state index contributed by atoms with van der Waals surface area (Å²) in [6.07, 6.45) is 38.0. The lowest BCUT2D eigenvalue weighted by Crippen LogP contribution is -2.27. The SMILES string of the molecule is CCCCCC(CCCCC)CCOC(=O)CCCCCCCC(CCCCCCCC(=O)OCCC(CCCCC)CCCCC)C(=O)OCCN1CCCC1. The van der Waals surface area contributed by atoms with Crippen LogP contribution in [0.2, 0.25) is 0 Å². The molecule has 7 nitrogen and oxygen atoms in total. The molecule has 1 heterocycles. The second-order valence-corrected chi connectivity index (χ2v) is 17.8. The Bertz CT molecular complexity index is 844. The number of hydrogen-bond acceptors (Lipinski definition) is 7. The molecule has 0 atom stereocenters. The molecule has 1 rings (SSSR count). The fraction of sp³-hybridized carbons (Fsp3) is 0.940. The minimum atomic E-state index is -0.0396. The molecule has 7 heteroatoms. The van der Waals surface area contributed by atoms with Crippen LogP contribution in [0.4, 0.5) is 0 Å². The molecule has 1 fully saturated rings. The van der Waals surface area contributed by atoms with Crippen molar-refractivity contribution in [3.05, 3.63) is 0 Å². The summed E-state index contributed by atoms with van der Waals surface area (Å²) in [6, 6.07) is 0. The molecule has 0 aromatic carbocycles. The average Bonchev–Trinajstić information content (AvgIpc) is 3.73. The zero-order valence-corrected chi connectivity index (χ0v) is 38.4. The van der Waals surface area contributed by atoms with Crippen molar-refractivity contribution in [1.29, 1.82) is 0 Å². The third-order valence-corrected chi connectivity index (χ3v) is 12.5. The van der Waals surface area contributed by atoms with Crippen LogP contribution in [0.3, 0.4) is 0 Å². The van der Waals surface area contributed by atoms with E-state index in [1.54, 1.807) is 0 Å². The van der Waals surface area contributed by atoms with Gasteiger partial charge in [0.15, 0.2) is 0 Å². The number of carbonyl (C=O) groups is 3. The normalized spacial score (nSPS) is 13.3. The number of hydrogen-bond donors (Lipinski definition) is 0. The number of esters is 3. The van der Waals surface area contributed by atoms with Crippen LogP contribution in [0.15, 0.2) is 0 Å². The van der Waals surface area contributed by atoms with Crippen LogP contribution >= 0.6 is 0 Å². The predicted octanol–water partition coefficient (Wildman–Crippen LogP) is 14.1. The maximum Gasteiger partial charge on any atom is 0.308 e. The highest BCUT2D eigenvalue weighted by Crippen LogP contribution is 2.24. The van der Waals surface area contributed by atoms with E-state index < -0.39 is 0 Å². The molecule has 0 amide bonds.